The van der Waals surface area contributed by atoms with Crippen molar-refractivity contribution in [2.45, 2.75) is 13.5 Å². The summed E-state index contributed by atoms with van der Waals surface area (Å²) >= 11 is 0. The van der Waals surface area contributed by atoms with Gasteiger partial charge >= 0.3 is 0 Å². The largest absolute Gasteiger partial charge is 0.429 e. The van der Waals surface area contributed by atoms with E-state index in [0.29, 0.717) is 18.8 Å². The first-order valence-corrected chi connectivity index (χ1v) is 4.16. The summed E-state index contributed by atoms with van der Waals surface area (Å²) in [6.45, 7) is 2.26. The smallest absolute Gasteiger partial charge is 0.298 e. The van der Waals surface area contributed by atoms with Gasteiger partial charge in [0.05, 0.1) is 0 Å². The van der Waals surface area contributed by atoms with Crippen LogP contribution in [0.3, 0.4) is 0 Å². The van der Waals surface area contributed by atoms with Crippen LogP contribution in [-0.2, 0) is 16.1 Å². The molecule has 0 bridgehead atoms. The van der Waals surface area contributed by atoms with Crippen LogP contribution in [0.15, 0.2) is 24.3 Å². The molecule has 1 amide bonds. The van der Waals surface area contributed by atoms with Gasteiger partial charge in [-0.2, -0.15) is 0 Å². The molecule has 0 saturated carbocycles. The number of benzene rings is 1. The van der Waals surface area contributed by atoms with E-state index >= 15 is 0 Å². The highest BCUT2D eigenvalue weighted by Crippen LogP contribution is 2.12. The summed E-state index contributed by atoms with van der Waals surface area (Å²) in [6.07, 6.45) is 0. The van der Waals surface area contributed by atoms with E-state index in [1.54, 1.807) is 18.2 Å². The van der Waals surface area contributed by atoms with E-state index in [9.17, 15) is 9.59 Å². The van der Waals surface area contributed by atoms with Gasteiger partial charge in [0.1, 0.15) is 5.75 Å². The minimum Gasteiger partial charge on any atom is -0.429 e. The zero-order chi connectivity index (χ0) is 10.4. The number of nitrogens with one attached hydrogen (secondary N) is 1. The topological polar surface area (TPSA) is 55.4 Å². The van der Waals surface area contributed by atoms with Crippen LogP contribution in [0.5, 0.6) is 5.75 Å². The second-order valence-corrected chi connectivity index (χ2v) is 2.77. The van der Waals surface area contributed by atoms with Gasteiger partial charge in [-0.1, -0.05) is 12.1 Å². The summed E-state index contributed by atoms with van der Waals surface area (Å²) in [5, 5.41) is 2.65. The molecule has 0 aliphatic heterocycles. The SMILES string of the molecule is CC(=O)NCc1cccc(OC=O)c1. The highest BCUT2D eigenvalue weighted by Gasteiger charge is 1.97. The van der Waals surface area contributed by atoms with Crippen LogP contribution in [0.4, 0.5) is 0 Å². The number of amides is 1. The Balaban J connectivity index is 2.63. The lowest BCUT2D eigenvalue weighted by Crippen LogP contribution is -2.18. The van der Waals surface area contributed by atoms with Gasteiger partial charge in [0.25, 0.3) is 6.47 Å². The molecule has 1 N–H and O–H groups in total. The van der Waals surface area contributed by atoms with Crippen molar-refractivity contribution in [2.24, 2.45) is 0 Å². The normalized spacial score (nSPS) is 9.21. The molecule has 4 nitrogen and oxygen atoms in total. The molecule has 74 valence electrons. The molecule has 0 unspecified atom stereocenters. The first-order chi connectivity index (χ1) is 6.72. The molecule has 0 fully saturated rings. The number of carbonyl (C=O) groups is 2. The van der Waals surface area contributed by atoms with E-state index in [0.717, 1.165) is 5.56 Å². The summed E-state index contributed by atoms with van der Waals surface area (Å²) < 4.78 is 4.66. The average molecular weight is 193 g/mol. The van der Waals surface area contributed by atoms with E-state index in [2.05, 4.69) is 10.1 Å². The molecule has 14 heavy (non-hydrogen) atoms. The zero-order valence-electron chi connectivity index (χ0n) is 7.82. The second kappa shape index (κ2) is 5.01. The lowest BCUT2D eigenvalue weighted by atomic mass is 10.2. The standard InChI is InChI=1S/C10H11NO3/c1-8(13)11-6-9-3-2-4-10(5-9)14-7-12/h2-5,7H,6H2,1H3,(H,11,13). The van der Waals surface area contributed by atoms with Crippen molar-refractivity contribution in [3.63, 3.8) is 0 Å². The third-order valence-electron chi connectivity index (χ3n) is 1.62. The highest BCUT2D eigenvalue weighted by molar-refractivity contribution is 5.72. The van der Waals surface area contributed by atoms with Crippen molar-refractivity contribution in [1.29, 1.82) is 0 Å². The Bertz CT molecular complexity index is 336. The fourth-order valence-corrected chi connectivity index (χ4v) is 1.01. The van der Waals surface area contributed by atoms with E-state index < -0.39 is 0 Å². The quantitative estimate of drug-likeness (QED) is 0.721. The van der Waals surface area contributed by atoms with Crippen molar-refractivity contribution in [2.75, 3.05) is 0 Å². The van der Waals surface area contributed by atoms with E-state index in [-0.39, 0.29) is 5.91 Å². The molecule has 4 heteroatoms. The Morgan fingerprint density at radius 1 is 1.57 bits per heavy atom. The van der Waals surface area contributed by atoms with Gasteiger partial charge in [-0.15, -0.1) is 0 Å². The van der Waals surface area contributed by atoms with Gasteiger partial charge in [-0.25, -0.2) is 0 Å². The molecule has 1 aromatic carbocycles. The predicted octanol–water partition coefficient (Wildman–Crippen LogP) is 0.858. The van der Waals surface area contributed by atoms with Gasteiger partial charge in [0.2, 0.25) is 5.91 Å². The van der Waals surface area contributed by atoms with Crippen LogP contribution in [0.2, 0.25) is 0 Å². The third kappa shape index (κ3) is 3.26. The van der Waals surface area contributed by atoms with Crippen molar-refractivity contribution in [3.05, 3.63) is 29.8 Å². The number of hydrogen-bond acceptors (Lipinski definition) is 3. The lowest BCUT2D eigenvalue weighted by molar-refractivity contribution is -0.121. The molecule has 0 aromatic heterocycles. The molecule has 0 radical (unpaired) electrons. The fourth-order valence-electron chi connectivity index (χ4n) is 1.01. The van der Waals surface area contributed by atoms with Crippen molar-refractivity contribution < 1.29 is 14.3 Å². The van der Waals surface area contributed by atoms with Gasteiger partial charge in [-0.05, 0) is 17.7 Å². The first-order valence-electron chi connectivity index (χ1n) is 4.16. The molecule has 1 rings (SSSR count). The summed E-state index contributed by atoms with van der Waals surface area (Å²) in [5.74, 6) is 0.384. The lowest BCUT2D eigenvalue weighted by Gasteiger charge is -2.03. The summed E-state index contributed by atoms with van der Waals surface area (Å²) in [6, 6.07) is 6.97. The molecule has 0 saturated heterocycles. The van der Waals surface area contributed by atoms with Gasteiger partial charge < -0.3 is 10.1 Å². The predicted molar refractivity (Wildman–Crippen MR) is 50.7 cm³/mol. The molecule has 0 heterocycles. The summed E-state index contributed by atoms with van der Waals surface area (Å²) in [4.78, 5) is 20.7. The Kier molecular flexibility index (Phi) is 3.67. The first kappa shape index (κ1) is 10.2. The number of ether oxygens (including phenoxy) is 1. The van der Waals surface area contributed by atoms with Crippen LogP contribution in [0.1, 0.15) is 12.5 Å². The Morgan fingerprint density at radius 2 is 2.36 bits per heavy atom. The second-order valence-electron chi connectivity index (χ2n) is 2.77. The fraction of sp³-hybridized carbons (Fsp3) is 0.200. The van der Waals surface area contributed by atoms with Gasteiger partial charge in [-0.3, -0.25) is 9.59 Å². The molecule has 0 aliphatic carbocycles. The molecular weight excluding hydrogens is 182 g/mol. The Labute approximate surface area is 81.9 Å². The van der Waals surface area contributed by atoms with Crippen molar-refractivity contribution in [1.82, 2.24) is 5.32 Å². The van der Waals surface area contributed by atoms with E-state index in [1.807, 2.05) is 6.07 Å². The summed E-state index contributed by atoms with van der Waals surface area (Å²) in [7, 11) is 0. The Morgan fingerprint density at radius 3 is 3.00 bits per heavy atom. The van der Waals surface area contributed by atoms with Crippen LogP contribution in [0.25, 0.3) is 0 Å². The van der Waals surface area contributed by atoms with Crippen LogP contribution >= 0.6 is 0 Å². The van der Waals surface area contributed by atoms with Crippen LogP contribution in [0, 0.1) is 0 Å². The van der Waals surface area contributed by atoms with Crippen LogP contribution in [-0.4, -0.2) is 12.4 Å². The zero-order valence-corrected chi connectivity index (χ0v) is 7.82. The number of carbonyl (C=O) groups excluding carboxylic acids is 2. The molecule has 0 aliphatic rings. The molecule has 1 aromatic rings. The van der Waals surface area contributed by atoms with Crippen molar-refractivity contribution in [3.8, 4) is 5.75 Å². The number of rotatable bonds is 4. The van der Waals surface area contributed by atoms with Crippen molar-refractivity contribution >= 4 is 12.4 Å². The Hall–Kier alpha value is -1.84. The average Bonchev–Trinajstić information content (AvgIpc) is 2.16. The highest BCUT2D eigenvalue weighted by atomic mass is 16.5. The maximum Gasteiger partial charge on any atom is 0.298 e. The van der Waals surface area contributed by atoms with Gasteiger partial charge in [0.15, 0.2) is 0 Å². The van der Waals surface area contributed by atoms with Crippen LogP contribution < -0.4 is 10.1 Å². The molecule has 0 atom stereocenters. The van der Waals surface area contributed by atoms with E-state index in [1.165, 1.54) is 6.92 Å². The monoisotopic (exact) mass is 193 g/mol. The maximum absolute atomic E-state index is 10.6. The third-order valence-corrected chi connectivity index (χ3v) is 1.62. The summed E-state index contributed by atoms with van der Waals surface area (Å²) in [5.41, 5.74) is 0.888. The molecule has 0 spiro atoms. The minimum atomic E-state index is -0.0910. The number of hydrogen-bond donors (Lipinski definition) is 1. The van der Waals surface area contributed by atoms with Gasteiger partial charge in [0, 0.05) is 13.5 Å². The minimum absolute atomic E-state index is 0.0910. The molecular formula is C10H11NO3. The van der Waals surface area contributed by atoms with E-state index in [4.69, 9.17) is 0 Å². The maximum atomic E-state index is 10.6.